The fourth-order valence-corrected chi connectivity index (χ4v) is 3.30. The van der Waals surface area contributed by atoms with Crippen molar-refractivity contribution in [3.05, 3.63) is 22.2 Å². The molecule has 5 heteroatoms. The molecule has 3 rings (SSSR count). The fourth-order valence-electron chi connectivity index (χ4n) is 3.04. The summed E-state index contributed by atoms with van der Waals surface area (Å²) in [7, 11) is 0. The van der Waals surface area contributed by atoms with Crippen molar-refractivity contribution < 1.29 is 0 Å². The average Bonchev–Trinajstić information content (AvgIpc) is 2.58. The molecule has 0 spiro atoms. The molecule has 2 aromatic rings. The summed E-state index contributed by atoms with van der Waals surface area (Å²) in [6.45, 7) is 1.02. The summed E-state index contributed by atoms with van der Waals surface area (Å²) in [5.41, 5.74) is 4.78. The van der Waals surface area contributed by atoms with Gasteiger partial charge in [-0.3, -0.25) is 0 Å². The molecule has 0 saturated heterocycles. The molecule has 0 aliphatic carbocycles. The topological polar surface area (TPSA) is 57.4 Å². The van der Waals surface area contributed by atoms with Crippen molar-refractivity contribution in [3.8, 4) is 6.07 Å². The summed E-state index contributed by atoms with van der Waals surface area (Å²) >= 11 is 5.39. The second kappa shape index (κ2) is 5.14. The van der Waals surface area contributed by atoms with Gasteiger partial charge in [-0.2, -0.15) is 5.26 Å². The van der Waals surface area contributed by atoms with E-state index in [0.717, 1.165) is 30.4 Å². The monoisotopic (exact) mass is 272 g/mol. The second-order valence-corrected chi connectivity index (χ2v) is 5.36. The quantitative estimate of drug-likeness (QED) is 0.854. The summed E-state index contributed by atoms with van der Waals surface area (Å²) in [4.78, 5) is 7.45. The van der Waals surface area contributed by atoms with Crippen LogP contribution in [0.15, 0.2) is 6.33 Å². The molecule has 98 valence electrons. The molecular formula is C14H16N4S. The highest BCUT2D eigenvalue weighted by atomic mass is 32.1. The van der Waals surface area contributed by atoms with Gasteiger partial charge >= 0.3 is 0 Å². The Kier molecular flexibility index (Phi) is 3.34. The predicted molar refractivity (Wildman–Crippen MR) is 76.4 cm³/mol. The SMILES string of the molecule is N#CCCc1c2n(c3c(=S)nc[nH]c13)CCCCC2. The highest BCUT2D eigenvalue weighted by Gasteiger charge is 2.19. The van der Waals surface area contributed by atoms with Gasteiger partial charge in [0.25, 0.3) is 0 Å². The molecule has 0 atom stereocenters. The molecule has 1 N–H and O–H groups in total. The summed E-state index contributed by atoms with van der Waals surface area (Å²) in [5.74, 6) is 0. The van der Waals surface area contributed by atoms with E-state index in [-0.39, 0.29) is 0 Å². The maximum Gasteiger partial charge on any atom is 0.153 e. The van der Waals surface area contributed by atoms with Crippen LogP contribution in [0.25, 0.3) is 11.0 Å². The van der Waals surface area contributed by atoms with Gasteiger partial charge in [0.1, 0.15) is 5.52 Å². The van der Waals surface area contributed by atoms with Crippen LogP contribution in [0.4, 0.5) is 0 Å². The Bertz CT molecular complexity index is 705. The molecule has 0 fully saturated rings. The first-order valence-electron chi connectivity index (χ1n) is 6.77. The van der Waals surface area contributed by atoms with E-state index in [1.807, 2.05) is 0 Å². The third-order valence-corrected chi connectivity index (χ3v) is 4.16. The van der Waals surface area contributed by atoms with Crippen molar-refractivity contribution in [1.82, 2.24) is 14.5 Å². The minimum absolute atomic E-state index is 0.551. The summed E-state index contributed by atoms with van der Waals surface area (Å²) in [6.07, 6.45) is 7.77. The number of hydrogen-bond acceptors (Lipinski definition) is 3. The number of hydrogen-bond donors (Lipinski definition) is 1. The third kappa shape index (κ3) is 2.06. The number of nitrogens with zero attached hydrogens (tertiary/aromatic N) is 3. The van der Waals surface area contributed by atoms with Crippen LogP contribution in [0.2, 0.25) is 0 Å². The summed E-state index contributed by atoms with van der Waals surface area (Å²) in [6, 6.07) is 2.24. The highest BCUT2D eigenvalue weighted by Crippen LogP contribution is 2.29. The number of nitriles is 1. The van der Waals surface area contributed by atoms with Gasteiger partial charge in [0.2, 0.25) is 0 Å². The van der Waals surface area contributed by atoms with E-state index in [9.17, 15) is 0 Å². The Balaban J connectivity index is 2.28. The Labute approximate surface area is 117 Å². The van der Waals surface area contributed by atoms with Crippen LogP contribution in [-0.2, 0) is 19.4 Å². The third-order valence-electron chi connectivity index (χ3n) is 3.86. The molecular weight excluding hydrogens is 256 g/mol. The van der Waals surface area contributed by atoms with Crippen LogP contribution < -0.4 is 0 Å². The Morgan fingerprint density at radius 3 is 3.16 bits per heavy atom. The molecule has 0 radical (unpaired) electrons. The molecule has 0 saturated carbocycles. The van der Waals surface area contributed by atoms with E-state index in [1.54, 1.807) is 6.33 Å². The van der Waals surface area contributed by atoms with Crippen LogP contribution in [0.5, 0.6) is 0 Å². The van der Waals surface area contributed by atoms with Crippen LogP contribution in [-0.4, -0.2) is 14.5 Å². The van der Waals surface area contributed by atoms with E-state index in [4.69, 9.17) is 17.5 Å². The molecule has 19 heavy (non-hydrogen) atoms. The van der Waals surface area contributed by atoms with E-state index >= 15 is 0 Å². The molecule has 0 bridgehead atoms. The van der Waals surface area contributed by atoms with E-state index in [2.05, 4.69) is 20.6 Å². The Morgan fingerprint density at radius 1 is 1.42 bits per heavy atom. The molecule has 3 heterocycles. The normalized spacial score (nSPS) is 14.9. The number of aromatic amines is 1. The van der Waals surface area contributed by atoms with Crippen molar-refractivity contribution in [3.63, 3.8) is 0 Å². The summed E-state index contributed by atoms with van der Waals surface area (Å²) in [5, 5.41) is 8.85. The van der Waals surface area contributed by atoms with E-state index in [1.165, 1.54) is 30.5 Å². The highest BCUT2D eigenvalue weighted by molar-refractivity contribution is 7.71. The van der Waals surface area contributed by atoms with Gasteiger partial charge in [0, 0.05) is 18.7 Å². The van der Waals surface area contributed by atoms with Crippen molar-refractivity contribution in [2.75, 3.05) is 0 Å². The molecule has 0 aromatic carbocycles. The molecule has 4 nitrogen and oxygen atoms in total. The lowest BCUT2D eigenvalue weighted by atomic mass is 10.1. The number of H-pyrrole nitrogens is 1. The second-order valence-electron chi connectivity index (χ2n) is 4.98. The standard InChI is InChI=1S/C14H16N4S/c15-7-4-5-10-11-6-2-1-3-8-18(11)13-12(10)16-9-17-14(13)19/h9H,1-6,8H2,(H,16,17,19). The van der Waals surface area contributed by atoms with Crippen molar-refractivity contribution in [2.24, 2.45) is 0 Å². The number of aryl methyl sites for hydroxylation is 2. The van der Waals surface area contributed by atoms with Crippen molar-refractivity contribution in [2.45, 2.75) is 45.1 Å². The zero-order chi connectivity index (χ0) is 13.2. The van der Waals surface area contributed by atoms with Crippen LogP contribution in [0, 0.1) is 16.0 Å². The number of fused-ring (bicyclic) bond motifs is 3. The van der Waals surface area contributed by atoms with Crippen LogP contribution in [0.3, 0.4) is 0 Å². The van der Waals surface area contributed by atoms with Gasteiger partial charge in [-0.05, 0) is 31.2 Å². The molecule has 2 aromatic heterocycles. The van der Waals surface area contributed by atoms with Crippen LogP contribution >= 0.6 is 12.2 Å². The number of aromatic nitrogens is 3. The molecule has 0 amide bonds. The predicted octanol–water partition coefficient (Wildman–Crippen LogP) is 3.28. The lowest BCUT2D eigenvalue weighted by molar-refractivity contribution is 0.647. The van der Waals surface area contributed by atoms with Gasteiger partial charge in [-0.25, -0.2) is 4.98 Å². The number of rotatable bonds is 2. The lowest BCUT2D eigenvalue weighted by Gasteiger charge is -2.06. The van der Waals surface area contributed by atoms with Gasteiger partial charge < -0.3 is 9.55 Å². The van der Waals surface area contributed by atoms with Gasteiger partial charge in [0.05, 0.1) is 17.9 Å². The maximum absolute atomic E-state index is 8.85. The molecule has 1 aliphatic rings. The van der Waals surface area contributed by atoms with Gasteiger partial charge in [0.15, 0.2) is 4.64 Å². The largest absolute Gasteiger partial charge is 0.344 e. The number of nitrogens with one attached hydrogen (secondary N) is 1. The van der Waals surface area contributed by atoms with Crippen molar-refractivity contribution in [1.29, 1.82) is 5.26 Å². The van der Waals surface area contributed by atoms with Crippen molar-refractivity contribution >= 4 is 23.3 Å². The smallest absolute Gasteiger partial charge is 0.153 e. The van der Waals surface area contributed by atoms with Gasteiger partial charge in [-0.15, -0.1) is 0 Å². The molecule has 0 unspecified atom stereocenters. The minimum Gasteiger partial charge on any atom is -0.344 e. The zero-order valence-corrected chi connectivity index (χ0v) is 11.6. The zero-order valence-electron chi connectivity index (χ0n) is 10.8. The first kappa shape index (κ1) is 12.4. The fraction of sp³-hybridized carbons (Fsp3) is 0.500. The van der Waals surface area contributed by atoms with Gasteiger partial charge in [-0.1, -0.05) is 18.6 Å². The Morgan fingerprint density at radius 2 is 2.32 bits per heavy atom. The first-order chi connectivity index (χ1) is 9.33. The Hall–Kier alpha value is -1.67. The average molecular weight is 272 g/mol. The maximum atomic E-state index is 8.85. The lowest BCUT2D eigenvalue weighted by Crippen LogP contribution is -2.01. The summed E-state index contributed by atoms with van der Waals surface area (Å²) < 4.78 is 3.00. The van der Waals surface area contributed by atoms with E-state index < -0.39 is 0 Å². The molecule has 1 aliphatic heterocycles. The van der Waals surface area contributed by atoms with Crippen LogP contribution in [0.1, 0.15) is 36.9 Å². The first-order valence-corrected chi connectivity index (χ1v) is 7.18. The van der Waals surface area contributed by atoms with E-state index in [0.29, 0.717) is 11.1 Å². The minimum atomic E-state index is 0.551.